The Morgan fingerprint density at radius 1 is 1.38 bits per heavy atom. The van der Waals surface area contributed by atoms with E-state index in [9.17, 15) is 0 Å². The molecule has 0 aromatic heterocycles. The third kappa shape index (κ3) is 1.58. The van der Waals surface area contributed by atoms with E-state index < -0.39 is 0 Å². The van der Waals surface area contributed by atoms with Gasteiger partial charge in [-0.2, -0.15) is 0 Å². The summed E-state index contributed by atoms with van der Waals surface area (Å²) in [5, 5.41) is 0. The van der Waals surface area contributed by atoms with Crippen molar-refractivity contribution in [1.29, 1.82) is 0 Å². The minimum absolute atomic E-state index is 0.310. The molecule has 13 heavy (non-hydrogen) atoms. The second kappa shape index (κ2) is 3.62. The van der Waals surface area contributed by atoms with E-state index in [1.54, 1.807) is 7.11 Å². The SMILES string of the molecule is COCOc1cccc2c1C=CC2. The zero-order valence-electron chi connectivity index (χ0n) is 7.62. The molecule has 68 valence electrons. The van der Waals surface area contributed by atoms with E-state index in [0.29, 0.717) is 6.79 Å². The van der Waals surface area contributed by atoms with E-state index in [4.69, 9.17) is 9.47 Å². The minimum atomic E-state index is 0.310. The van der Waals surface area contributed by atoms with Crippen molar-refractivity contribution in [2.45, 2.75) is 6.42 Å². The normalized spacial score (nSPS) is 13.0. The Bertz CT molecular complexity index is 329. The summed E-state index contributed by atoms with van der Waals surface area (Å²) in [5.41, 5.74) is 2.52. The molecule has 0 N–H and O–H groups in total. The van der Waals surface area contributed by atoms with Crippen LogP contribution in [0.25, 0.3) is 6.08 Å². The van der Waals surface area contributed by atoms with Crippen molar-refractivity contribution in [3.63, 3.8) is 0 Å². The molecule has 0 saturated carbocycles. The van der Waals surface area contributed by atoms with Crippen LogP contribution in [-0.2, 0) is 11.2 Å². The predicted molar refractivity (Wildman–Crippen MR) is 51.7 cm³/mol. The molecule has 0 heterocycles. The van der Waals surface area contributed by atoms with Crippen LogP contribution in [0, 0.1) is 0 Å². The van der Waals surface area contributed by atoms with Gasteiger partial charge in [-0.25, -0.2) is 0 Å². The van der Waals surface area contributed by atoms with Gasteiger partial charge < -0.3 is 9.47 Å². The molecule has 1 aliphatic carbocycles. The first-order valence-corrected chi connectivity index (χ1v) is 4.32. The van der Waals surface area contributed by atoms with Gasteiger partial charge >= 0.3 is 0 Å². The Hall–Kier alpha value is -1.28. The van der Waals surface area contributed by atoms with Crippen molar-refractivity contribution >= 4 is 6.08 Å². The van der Waals surface area contributed by atoms with Crippen LogP contribution >= 0.6 is 0 Å². The second-order valence-corrected chi connectivity index (χ2v) is 2.99. The van der Waals surface area contributed by atoms with E-state index in [0.717, 1.165) is 12.2 Å². The molecule has 1 aromatic rings. The lowest BCUT2D eigenvalue weighted by Gasteiger charge is -2.08. The maximum absolute atomic E-state index is 5.42. The smallest absolute Gasteiger partial charge is 0.188 e. The number of allylic oxidation sites excluding steroid dienone is 1. The fourth-order valence-electron chi connectivity index (χ4n) is 1.51. The Labute approximate surface area is 77.8 Å². The Kier molecular flexibility index (Phi) is 2.32. The lowest BCUT2D eigenvalue weighted by molar-refractivity contribution is 0.0509. The highest BCUT2D eigenvalue weighted by atomic mass is 16.7. The first-order chi connectivity index (χ1) is 6.42. The quantitative estimate of drug-likeness (QED) is 0.657. The van der Waals surface area contributed by atoms with E-state index in [2.05, 4.69) is 18.2 Å². The third-order valence-electron chi connectivity index (χ3n) is 2.11. The third-order valence-corrected chi connectivity index (χ3v) is 2.11. The van der Waals surface area contributed by atoms with Crippen LogP contribution in [0.3, 0.4) is 0 Å². The number of fused-ring (bicyclic) bond motifs is 1. The molecular weight excluding hydrogens is 164 g/mol. The van der Waals surface area contributed by atoms with Crippen molar-refractivity contribution < 1.29 is 9.47 Å². The highest BCUT2D eigenvalue weighted by molar-refractivity contribution is 5.65. The molecule has 2 heteroatoms. The Morgan fingerprint density at radius 3 is 3.15 bits per heavy atom. The first kappa shape index (κ1) is 8.32. The van der Waals surface area contributed by atoms with Gasteiger partial charge in [0.05, 0.1) is 0 Å². The maximum Gasteiger partial charge on any atom is 0.188 e. The number of hydrogen-bond donors (Lipinski definition) is 0. The van der Waals surface area contributed by atoms with E-state index in [1.807, 2.05) is 12.1 Å². The standard InChI is InChI=1S/C11H12O2/c1-12-8-13-11-7-3-5-9-4-2-6-10(9)11/h2-3,5-7H,4,8H2,1H3. The summed E-state index contributed by atoms with van der Waals surface area (Å²) in [7, 11) is 1.62. The summed E-state index contributed by atoms with van der Waals surface area (Å²) in [6.07, 6.45) is 5.25. The fourth-order valence-corrected chi connectivity index (χ4v) is 1.51. The van der Waals surface area contributed by atoms with Crippen LogP contribution in [0.1, 0.15) is 11.1 Å². The average Bonchev–Trinajstić information content (AvgIpc) is 2.62. The summed E-state index contributed by atoms with van der Waals surface area (Å²) in [6.45, 7) is 0.310. The summed E-state index contributed by atoms with van der Waals surface area (Å²) in [6, 6.07) is 6.10. The maximum atomic E-state index is 5.42. The number of benzene rings is 1. The highest BCUT2D eigenvalue weighted by Crippen LogP contribution is 2.28. The van der Waals surface area contributed by atoms with Gasteiger partial charge in [0.25, 0.3) is 0 Å². The molecule has 0 bridgehead atoms. The average molecular weight is 176 g/mol. The van der Waals surface area contributed by atoms with Gasteiger partial charge in [-0.3, -0.25) is 0 Å². The molecule has 0 saturated heterocycles. The summed E-state index contributed by atoms with van der Waals surface area (Å²) < 4.78 is 10.3. The van der Waals surface area contributed by atoms with Gasteiger partial charge in [0, 0.05) is 12.7 Å². The molecule has 0 amide bonds. The molecule has 1 aromatic carbocycles. The van der Waals surface area contributed by atoms with E-state index in [-0.39, 0.29) is 0 Å². The second-order valence-electron chi connectivity index (χ2n) is 2.99. The zero-order chi connectivity index (χ0) is 9.10. The molecule has 2 rings (SSSR count). The summed E-state index contributed by atoms with van der Waals surface area (Å²) in [4.78, 5) is 0. The highest BCUT2D eigenvalue weighted by Gasteiger charge is 2.09. The van der Waals surface area contributed by atoms with Crippen molar-refractivity contribution in [3.05, 3.63) is 35.4 Å². The summed E-state index contributed by atoms with van der Waals surface area (Å²) in [5.74, 6) is 0.910. The number of rotatable bonds is 3. The van der Waals surface area contributed by atoms with Gasteiger partial charge in [-0.15, -0.1) is 0 Å². The van der Waals surface area contributed by atoms with Crippen LogP contribution in [-0.4, -0.2) is 13.9 Å². The van der Waals surface area contributed by atoms with Gasteiger partial charge in [0.15, 0.2) is 6.79 Å². The first-order valence-electron chi connectivity index (χ1n) is 4.32. The molecule has 0 unspecified atom stereocenters. The minimum Gasteiger partial charge on any atom is -0.467 e. The number of methoxy groups -OCH3 is 1. The monoisotopic (exact) mass is 176 g/mol. The van der Waals surface area contributed by atoms with Gasteiger partial charge in [-0.05, 0) is 18.1 Å². The lowest BCUT2D eigenvalue weighted by atomic mass is 10.1. The lowest BCUT2D eigenvalue weighted by Crippen LogP contribution is -2.00. The largest absolute Gasteiger partial charge is 0.467 e. The topological polar surface area (TPSA) is 18.5 Å². The molecule has 0 atom stereocenters. The zero-order valence-corrected chi connectivity index (χ0v) is 7.62. The van der Waals surface area contributed by atoms with Gasteiger partial charge in [0.1, 0.15) is 5.75 Å². The van der Waals surface area contributed by atoms with Crippen LogP contribution < -0.4 is 4.74 Å². The molecular formula is C11H12O2. The van der Waals surface area contributed by atoms with Gasteiger partial charge in [0.2, 0.25) is 0 Å². The van der Waals surface area contributed by atoms with Crippen molar-refractivity contribution in [2.24, 2.45) is 0 Å². The number of ether oxygens (including phenoxy) is 2. The molecule has 0 spiro atoms. The van der Waals surface area contributed by atoms with Crippen LogP contribution in [0.4, 0.5) is 0 Å². The Balaban J connectivity index is 2.25. The fraction of sp³-hybridized carbons (Fsp3) is 0.273. The van der Waals surface area contributed by atoms with E-state index in [1.165, 1.54) is 11.1 Å². The number of hydrogen-bond acceptors (Lipinski definition) is 2. The van der Waals surface area contributed by atoms with Crippen molar-refractivity contribution in [1.82, 2.24) is 0 Å². The van der Waals surface area contributed by atoms with Crippen LogP contribution in [0.15, 0.2) is 24.3 Å². The molecule has 2 nitrogen and oxygen atoms in total. The van der Waals surface area contributed by atoms with Crippen LogP contribution in [0.2, 0.25) is 0 Å². The molecule has 0 radical (unpaired) electrons. The van der Waals surface area contributed by atoms with Crippen molar-refractivity contribution in [2.75, 3.05) is 13.9 Å². The van der Waals surface area contributed by atoms with Crippen LogP contribution in [0.5, 0.6) is 5.75 Å². The molecule has 0 fully saturated rings. The molecule has 1 aliphatic rings. The van der Waals surface area contributed by atoms with Gasteiger partial charge in [-0.1, -0.05) is 24.3 Å². The predicted octanol–water partition coefficient (Wildman–Crippen LogP) is 2.24. The van der Waals surface area contributed by atoms with Crippen molar-refractivity contribution in [3.8, 4) is 5.75 Å². The Morgan fingerprint density at radius 2 is 2.31 bits per heavy atom. The van der Waals surface area contributed by atoms with E-state index >= 15 is 0 Å². The summed E-state index contributed by atoms with van der Waals surface area (Å²) >= 11 is 0. The molecule has 0 aliphatic heterocycles.